The molecular formula is C22H25BrN2O2. The van der Waals surface area contributed by atoms with E-state index >= 15 is 0 Å². The normalized spacial score (nSPS) is 25.9. The molecule has 1 aliphatic carbocycles. The van der Waals surface area contributed by atoms with E-state index < -0.39 is 5.92 Å². The number of carbonyl (C=O) groups excluding carboxylic acids is 2. The zero-order chi connectivity index (χ0) is 19.0. The number of rotatable bonds is 2. The van der Waals surface area contributed by atoms with E-state index in [-0.39, 0.29) is 17.6 Å². The third-order valence-corrected chi connectivity index (χ3v) is 6.48. The lowest BCUT2D eigenvalue weighted by atomic mass is 9.71. The fraction of sp³-hybridized carbons (Fsp3) is 0.455. The number of carbonyl (C=O) groups is 2. The number of halogens is 1. The quantitative estimate of drug-likeness (QED) is 0.764. The molecule has 2 aliphatic heterocycles. The van der Waals surface area contributed by atoms with Crippen LogP contribution in [0.2, 0.25) is 0 Å². The minimum Gasteiger partial charge on any atom is -0.362 e. The summed E-state index contributed by atoms with van der Waals surface area (Å²) in [5.74, 6) is -0.403. The van der Waals surface area contributed by atoms with Crippen molar-refractivity contribution in [1.82, 2.24) is 10.2 Å². The summed E-state index contributed by atoms with van der Waals surface area (Å²) in [5, 5.41) is 3.34. The smallest absolute Gasteiger partial charge is 0.232 e. The molecule has 4 nitrogen and oxygen atoms in total. The average Bonchev–Trinajstić information content (AvgIpc) is 2.68. The maximum atomic E-state index is 13.5. The molecule has 27 heavy (non-hydrogen) atoms. The molecule has 0 radical (unpaired) electrons. The first-order valence-corrected chi connectivity index (χ1v) is 10.6. The molecule has 1 amide bonds. The summed E-state index contributed by atoms with van der Waals surface area (Å²) < 4.78 is 0.988. The topological polar surface area (TPSA) is 49.4 Å². The SMILES string of the molecule is C=C1NC2=C(C(=O)CCC2)C(c2ccc(Br)cc2)C1C(=O)N1CCCCC1. The molecule has 0 aromatic heterocycles. The van der Waals surface area contributed by atoms with E-state index in [0.717, 1.165) is 65.8 Å². The second kappa shape index (κ2) is 7.63. The standard InChI is InChI=1S/C22H25BrN2O2/c1-14-19(22(27)25-12-3-2-4-13-25)20(15-8-10-16(23)11-9-15)21-17(24-14)6-5-7-18(21)26/h8-11,19-20,24H,1-7,12-13H2. The minimum absolute atomic E-state index is 0.102. The number of piperidine rings is 1. The lowest BCUT2D eigenvalue weighted by molar-refractivity contribution is -0.136. The summed E-state index contributed by atoms with van der Waals surface area (Å²) in [6, 6.07) is 8.01. The molecule has 2 unspecified atom stereocenters. The Labute approximate surface area is 168 Å². The van der Waals surface area contributed by atoms with Crippen molar-refractivity contribution in [3.63, 3.8) is 0 Å². The fourth-order valence-corrected chi connectivity index (χ4v) is 4.89. The summed E-state index contributed by atoms with van der Waals surface area (Å²) in [6.07, 6.45) is 5.54. The number of nitrogens with zero attached hydrogens (tertiary/aromatic N) is 1. The van der Waals surface area contributed by atoms with Gasteiger partial charge in [0, 0.05) is 46.9 Å². The first-order chi connectivity index (χ1) is 13.1. The van der Waals surface area contributed by atoms with Gasteiger partial charge >= 0.3 is 0 Å². The lowest BCUT2D eigenvalue weighted by Gasteiger charge is -2.41. The summed E-state index contributed by atoms with van der Waals surface area (Å²) in [5.41, 5.74) is 3.50. The van der Waals surface area contributed by atoms with Crippen LogP contribution < -0.4 is 5.32 Å². The average molecular weight is 429 g/mol. The van der Waals surface area contributed by atoms with Crippen LogP contribution in [0.15, 0.2) is 52.3 Å². The van der Waals surface area contributed by atoms with E-state index in [9.17, 15) is 9.59 Å². The highest BCUT2D eigenvalue weighted by Crippen LogP contribution is 2.44. The second-order valence-corrected chi connectivity index (χ2v) is 8.63. The highest BCUT2D eigenvalue weighted by atomic mass is 79.9. The molecular weight excluding hydrogens is 404 g/mol. The Morgan fingerprint density at radius 2 is 1.78 bits per heavy atom. The molecule has 1 N–H and O–H groups in total. The fourth-order valence-electron chi connectivity index (χ4n) is 4.63. The van der Waals surface area contributed by atoms with Gasteiger partial charge in [0.05, 0.1) is 5.92 Å². The van der Waals surface area contributed by atoms with Gasteiger partial charge in [-0.05, 0) is 49.8 Å². The molecule has 2 heterocycles. The summed E-state index contributed by atoms with van der Waals surface area (Å²) in [4.78, 5) is 28.3. The molecule has 0 bridgehead atoms. The molecule has 1 saturated heterocycles. The number of nitrogens with one attached hydrogen (secondary N) is 1. The highest BCUT2D eigenvalue weighted by molar-refractivity contribution is 9.10. The van der Waals surface area contributed by atoms with Crippen LogP contribution in [0.5, 0.6) is 0 Å². The summed E-state index contributed by atoms with van der Waals surface area (Å²) in [7, 11) is 0. The van der Waals surface area contributed by atoms with Gasteiger partial charge in [-0.25, -0.2) is 0 Å². The number of likely N-dealkylation sites (tertiary alicyclic amines) is 1. The Hall–Kier alpha value is -1.88. The molecule has 5 heteroatoms. The molecule has 0 saturated carbocycles. The molecule has 3 aliphatic rings. The number of hydrogen-bond acceptors (Lipinski definition) is 3. The van der Waals surface area contributed by atoms with E-state index in [1.807, 2.05) is 29.2 Å². The third kappa shape index (κ3) is 3.49. The first kappa shape index (κ1) is 18.5. The van der Waals surface area contributed by atoms with E-state index in [4.69, 9.17) is 0 Å². The summed E-state index contributed by atoms with van der Waals surface area (Å²) >= 11 is 3.48. The van der Waals surface area contributed by atoms with Gasteiger partial charge in [0.25, 0.3) is 0 Å². The predicted molar refractivity (Wildman–Crippen MR) is 109 cm³/mol. The molecule has 1 aromatic rings. The number of hydrogen-bond donors (Lipinski definition) is 1. The van der Waals surface area contributed by atoms with Gasteiger partial charge in [0.2, 0.25) is 5.91 Å². The van der Waals surface area contributed by atoms with Crippen LogP contribution in [0.3, 0.4) is 0 Å². The minimum atomic E-state index is -0.426. The molecule has 142 valence electrons. The number of Topliss-reactive ketones (excluding diaryl/α,β-unsaturated/α-hetero) is 1. The largest absolute Gasteiger partial charge is 0.362 e. The van der Waals surface area contributed by atoms with Gasteiger partial charge in [-0.1, -0.05) is 34.6 Å². The Kier molecular flexibility index (Phi) is 5.22. The van der Waals surface area contributed by atoms with Crippen LogP contribution in [0, 0.1) is 5.92 Å². The van der Waals surface area contributed by atoms with Crippen molar-refractivity contribution < 1.29 is 9.59 Å². The second-order valence-electron chi connectivity index (χ2n) is 7.71. The number of allylic oxidation sites excluding steroid dienone is 2. The Bertz CT molecular complexity index is 806. The van der Waals surface area contributed by atoms with Gasteiger partial charge in [0.1, 0.15) is 0 Å². The zero-order valence-corrected chi connectivity index (χ0v) is 17.1. The zero-order valence-electron chi connectivity index (χ0n) is 15.5. The van der Waals surface area contributed by atoms with Crippen molar-refractivity contribution in [1.29, 1.82) is 0 Å². The highest BCUT2D eigenvalue weighted by Gasteiger charge is 2.44. The third-order valence-electron chi connectivity index (χ3n) is 5.95. The van der Waals surface area contributed by atoms with Crippen LogP contribution in [0.4, 0.5) is 0 Å². The maximum Gasteiger partial charge on any atom is 0.232 e. The molecule has 0 spiro atoms. The molecule has 4 rings (SSSR count). The van der Waals surface area contributed by atoms with Gasteiger partial charge in [-0.15, -0.1) is 0 Å². The van der Waals surface area contributed by atoms with E-state index in [1.165, 1.54) is 6.42 Å². The van der Waals surface area contributed by atoms with E-state index in [1.54, 1.807) is 0 Å². The summed E-state index contributed by atoms with van der Waals surface area (Å²) in [6.45, 7) is 5.81. The van der Waals surface area contributed by atoms with Crippen molar-refractivity contribution in [2.75, 3.05) is 13.1 Å². The van der Waals surface area contributed by atoms with E-state index in [2.05, 4.69) is 27.8 Å². The lowest BCUT2D eigenvalue weighted by Crippen LogP contribution is -2.47. The predicted octanol–water partition coefficient (Wildman–Crippen LogP) is 4.29. The monoisotopic (exact) mass is 428 g/mol. The Morgan fingerprint density at radius 3 is 2.48 bits per heavy atom. The van der Waals surface area contributed by atoms with Gasteiger partial charge < -0.3 is 10.2 Å². The van der Waals surface area contributed by atoms with Crippen molar-refractivity contribution >= 4 is 27.6 Å². The van der Waals surface area contributed by atoms with Crippen LogP contribution in [0.25, 0.3) is 0 Å². The van der Waals surface area contributed by atoms with E-state index in [0.29, 0.717) is 6.42 Å². The van der Waals surface area contributed by atoms with Crippen molar-refractivity contribution in [3.8, 4) is 0 Å². The van der Waals surface area contributed by atoms with Gasteiger partial charge in [-0.2, -0.15) is 0 Å². The number of ketones is 1. The molecule has 1 fully saturated rings. The number of benzene rings is 1. The molecule has 1 aromatic carbocycles. The molecule has 2 atom stereocenters. The van der Waals surface area contributed by atoms with Crippen LogP contribution >= 0.6 is 15.9 Å². The van der Waals surface area contributed by atoms with Crippen molar-refractivity contribution in [3.05, 3.63) is 57.8 Å². The Balaban J connectivity index is 1.79. The van der Waals surface area contributed by atoms with Crippen LogP contribution in [-0.2, 0) is 9.59 Å². The van der Waals surface area contributed by atoms with Crippen LogP contribution in [-0.4, -0.2) is 29.7 Å². The van der Waals surface area contributed by atoms with Crippen molar-refractivity contribution in [2.45, 2.75) is 44.4 Å². The maximum absolute atomic E-state index is 13.5. The first-order valence-electron chi connectivity index (χ1n) is 9.82. The van der Waals surface area contributed by atoms with Gasteiger partial charge in [0.15, 0.2) is 5.78 Å². The Morgan fingerprint density at radius 1 is 1.07 bits per heavy atom. The van der Waals surface area contributed by atoms with Crippen LogP contribution in [0.1, 0.15) is 50.0 Å². The van der Waals surface area contributed by atoms with Gasteiger partial charge in [-0.3, -0.25) is 9.59 Å². The van der Waals surface area contributed by atoms with Crippen molar-refractivity contribution in [2.24, 2.45) is 5.92 Å². The number of amides is 1.